The van der Waals surface area contributed by atoms with Gasteiger partial charge in [0.1, 0.15) is 5.82 Å². The largest absolute Gasteiger partial charge is 0.381 e. The standard InChI is InChI=1S/C18H23N5O3S/c1-11-19-16(22-21-11)15-8-14(20-17(24)12-2-5-26-6-3-12)9-23(15)18(25)13-4-7-27-10-13/h4,7,10,12,14-15H,2-3,5-6,8-9H2,1H3,(H,20,24)(H,19,21,22). The zero-order valence-corrected chi connectivity index (χ0v) is 16.0. The lowest BCUT2D eigenvalue weighted by Gasteiger charge is -2.23. The second kappa shape index (κ2) is 7.77. The van der Waals surface area contributed by atoms with E-state index in [4.69, 9.17) is 4.74 Å². The molecule has 0 radical (unpaired) electrons. The Morgan fingerprint density at radius 1 is 1.37 bits per heavy atom. The number of likely N-dealkylation sites (tertiary alicyclic amines) is 1. The van der Waals surface area contributed by atoms with Gasteiger partial charge in [0.15, 0.2) is 5.82 Å². The van der Waals surface area contributed by atoms with E-state index in [0.29, 0.717) is 43.4 Å². The fourth-order valence-corrected chi connectivity index (χ4v) is 4.38. The van der Waals surface area contributed by atoms with Crippen molar-refractivity contribution in [3.05, 3.63) is 34.0 Å². The summed E-state index contributed by atoms with van der Waals surface area (Å²) in [4.78, 5) is 31.8. The third-order valence-electron chi connectivity index (χ3n) is 5.18. The van der Waals surface area contributed by atoms with E-state index in [0.717, 1.165) is 12.8 Å². The van der Waals surface area contributed by atoms with Crippen LogP contribution in [0, 0.1) is 12.8 Å². The van der Waals surface area contributed by atoms with Gasteiger partial charge in [-0.05, 0) is 37.6 Å². The summed E-state index contributed by atoms with van der Waals surface area (Å²) in [5.74, 6) is 1.30. The molecule has 0 bridgehead atoms. The number of rotatable bonds is 4. The Kier molecular flexibility index (Phi) is 5.22. The Balaban J connectivity index is 1.50. The van der Waals surface area contributed by atoms with Crippen LogP contribution in [0.3, 0.4) is 0 Å². The monoisotopic (exact) mass is 389 g/mol. The first-order valence-electron chi connectivity index (χ1n) is 9.22. The van der Waals surface area contributed by atoms with Gasteiger partial charge in [0.05, 0.1) is 11.6 Å². The van der Waals surface area contributed by atoms with Crippen molar-refractivity contribution >= 4 is 23.2 Å². The molecule has 2 aromatic heterocycles. The Labute approximate surface area is 161 Å². The lowest BCUT2D eigenvalue weighted by molar-refractivity contribution is -0.128. The first kappa shape index (κ1) is 18.1. The van der Waals surface area contributed by atoms with Gasteiger partial charge in [-0.15, -0.1) is 0 Å². The molecule has 0 spiro atoms. The summed E-state index contributed by atoms with van der Waals surface area (Å²) in [7, 11) is 0. The highest BCUT2D eigenvalue weighted by molar-refractivity contribution is 7.08. The predicted molar refractivity (Wildman–Crippen MR) is 99.3 cm³/mol. The van der Waals surface area contributed by atoms with Gasteiger partial charge in [0.25, 0.3) is 5.91 Å². The van der Waals surface area contributed by atoms with Crippen molar-refractivity contribution in [2.75, 3.05) is 19.8 Å². The Morgan fingerprint density at radius 3 is 2.85 bits per heavy atom. The Morgan fingerprint density at radius 2 is 2.19 bits per heavy atom. The average molecular weight is 389 g/mol. The van der Waals surface area contributed by atoms with Crippen molar-refractivity contribution in [3.8, 4) is 0 Å². The van der Waals surface area contributed by atoms with Gasteiger partial charge < -0.3 is 15.0 Å². The summed E-state index contributed by atoms with van der Waals surface area (Å²) >= 11 is 1.49. The number of carbonyl (C=O) groups is 2. The van der Waals surface area contributed by atoms with Gasteiger partial charge >= 0.3 is 0 Å². The van der Waals surface area contributed by atoms with E-state index >= 15 is 0 Å². The molecule has 2 N–H and O–H groups in total. The second-order valence-corrected chi connectivity index (χ2v) is 7.87. The zero-order chi connectivity index (χ0) is 18.8. The van der Waals surface area contributed by atoms with Crippen LogP contribution in [0.4, 0.5) is 0 Å². The molecule has 2 aromatic rings. The lowest BCUT2D eigenvalue weighted by atomic mass is 9.99. The van der Waals surface area contributed by atoms with Gasteiger partial charge in [0.2, 0.25) is 5.91 Å². The fraction of sp³-hybridized carbons (Fsp3) is 0.556. The number of hydrogen-bond acceptors (Lipinski definition) is 6. The highest BCUT2D eigenvalue weighted by atomic mass is 32.1. The maximum absolute atomic E-state index is 13.0. The number of hydrogen-bond donors (Lipinski definition) is 2. The molecule has 4 heterocycles. The van der Waals surface area contributed by atoms with Crippen LogP contribution in [0.5, 0.6) is 0 Å². The molecular weight excluding hydrogens is 366 g/mol. The SMILES string of the molecule is Cc1nc(C2CC(NC(=O)C3CCOCC3)CN2C(=O)c2ccsc2)n[nH]1. The van der Waals surface area contributed by atoms with Gasteiger partial charge in [-0.25, -0.2) is 4.98 Å². The lowest BCUT2D eigenvalue weighted by Crippen LogP contribution is -2.42. The molecule has 2 amide bonds. The number of H-pyrrole nitrogens is 1. The van der Waals surface area contributed by atoms with E-state index in [2.05, 4.69) is 20.5 Å². The van der Waals surface area contributed by atoms with Crippen LogP contribution < -0.4 is 5.32 Å². The number of amides is 2. The molecule has 2 atom stereocenters. The van der Waals surface area contributed by atoms with E-state index in [1.54, 1.807) is 4.90 Å². The van der Waals surface area contributed by atoms with Crippen LogP contribution in [-0.2, 0) is 9.53 Å². The molecule has 2 aliphatic heterocycles. The van der Waals surface area contributed by atoms with Crippen molar-refractivity contribution in [1.82, 2.24) is 25.4 Å². The average Bonchev–Trinajstić information content (AvgIpc) is 3.42. The van der Waals surface area contributed by atoms with Crippen molar-refractivity contribution in [2.24, 2.45) is 5.92 Å². The topological polar surface area (TPSA) is 100 Å². The van der Waals surface area contributed by atoms with Gasteiger partial charge in [-0.2, -0.15) is 16.4 Å². The van der Waals surface area contributed by atoms with Crippen molar-refractivity contribution in [3.63, 3.8) is 0 Å². The molecule has 9 heteroatoms. The maximum atomic E-state index is 13.0. The first-order chi connectivity index (χ1) is 13.1. The van der Waals surface area contributed by atoms with E-state index in [-0.39, 0.29) is 29.8 Å². The molecule has 0 saturated carbocycles. The Hall–Kier alpha value is -2.26. The van der Waals surface area contributed by atoms with Gasteiger partial charge in [0, 0.05) is 37.1 Å². The van der Waals surface area contributed by atoms with E-state index < -0.39 is 0 Å². The number of aryl methyl sites for hydroxylation is 1. The zero-order valence-electron chi connectivity index (χ0n) is 15.2. The number of carbonyl (C=O) groups excluding carboxylic acids is 2. The van der Waals surface area contributed by atoms with E-state index in [9.17, 15) is 9.59 Å². The van der Waals surface area contributed by atoms with Gasteiger partial charge in [-0.1, -0.05) is 0 Å². The first-order valence-corrected chi connectivity index (χ1v) is 10.2. The Bertz CT molecular complexity index is 800. The molecule has 2 saturated heterocycles. The summed E-state index contributed by atoms with van der Waals surface area (Å²) in [6.45, 7) is 3.55. The van der Waals surface area contributed by atoms with E-state index in [1.807, 2.05) is 23.8 Å². The minimum Gasteiger partial charge on any atom is -0.381 e. The van der Waals surface area contributed by atoms with Crippen molar-refractivity contribution in [1.29, 1.82) is 0 Å². The summed E-state index contributed by atoms with van der Waals surface area (Å²) in [5.41, 5.74) is 0.661. The molecule has 0 aromatic carbocycles. The van der Waals surface area contributed by atoms with Crippen molar-refractivity contribution in [2.45, 2.75) is 38.3 Å². The molecule has 8 nitrogen and oxygen atoms in total. The summed E-state index contributed by atoms with van der Waals surface area (Å²) < 4.78 is 5.34. The second-order valence-electron chi connectivity index (χ2n) is 7.09. The number of aromatic nitrogens is 3. The van der Waals surface area contributed by atoms with Crippen LogP contribution in [0.15, 0.2) is 16.8 Å². The highest BCUT2D eigenvalue weighted by Gasteiger charge is 2.40. The number of aromatic amines is 1. The number of nitrogens with zero attached hydrogens (tertiary/aromatic N) is 3. The molecular formula is C18H23N5O3S. The molecule has 2 fully saturated rings. The summed E-state index contributed by atoms with van der Waals surface area (Å²) in [6, 6.07) is 1.47. The van der Waals surface area contributed by atoms with Gasteiger partial charge in [-0.3, -0.25) is 14.7 Å². The third-order valence-corrected chi connectivity index (χ3v) is 5.86. The predicted octanol–water partition coefficient (Wildman–Crippen LogP) is 1.67. The number of nitrogens with one attached hydrogen (secondary N) is 2. The van der Waals surface area contributed by atoms with Crippen LogP contribution in [0.2, 0.25) is 0 Å². The van der Waals surface area contributed by atoms with Crippen LogP contribution >= 0.6 is 11.3 Å². The molecule has 2 aliphatic rings. The van der Waals surface area contributed by atoms with E-state index in [1.165, 1.54) is 11.3 Å². The summed E-state index contributed by atoms with van der Waals surface area (Å²) in [5, 5.41) is 14.0. The normalized spacial score (nSPS) is 23.5. The fourth-order valence-electron chi connectivity index (χ4n) is 3.75. The number of ether oxygens (including phenoxy) is 1. The maximum Gasteiger partial charge on any atom is 0.255 e. The molecule has 144 valence electrons. The quantitative estimate of drug-likeness (QED) is 0.829. The molecule has 27 heavy (non-hydrogen) atoms. The molecule has 4 rings (SSSR count). The van der Waals surface area contributed by atoms with Crippen LogP contribution in [0.25, 0.3) is 0 Å². The van der Waals surface area contributed by atoms with Crippen LogP contribution in [0.1, 0.15) is 47.3 Å². The number of thiophene rings is 1. The third kappa shape index (κ3) is 3.89. The summed E-state index contributed by atoms with van der Waals surface area (Å²) in [6.07, 6.45) is 2.11. The molecule has 0 aliphatic carbocycles. The van der Waals surface area contributed by atoms with Crippen LogP contribution in [-0.4, -0.2) is 57.7 Å². The minimum absolute atomic E-state index is 0.00965. The molecule has 2 unspecified atom stereocenters. The van der Waals surface area contributed by atoms with Crippen molar-refractivity contribution < 1.29 is 14.3 Å². The highest BCUT2D eigenvalue weighted by Crippen LogP contribution is 2.32. The smallest absolute Gasteiger partial charge is 0.255 e. The minimum atomic E-state index is -0.248.